The molecule has 0 heterocycles. The zero-order valence-electron chi connectivity index (χ0n) is 13.1. The van der Waals surface area contributed by atoms with Gasteiger partial charge in [-0.2, -0.15) is 0 Å². The van der Waals surface area contributed by atoms with E-state index in [1.54, 1.807) is 24.3 Å². The summed E-state index contributed by atoms with van der Waals surface area (Å²) in [6.45, 7) is 1.90. The van der Waals surface area contributed by atoms with Crippen LogP contribution in [0.15, 0.2) is 53.4 Å². The molecular formula is C17H18FNO4S. The Labute approximate surface area is 140 Å². The number of nitrogens with zero attached hydrogens (tertiary/aromatic N) is 1. The number of aryl methyl sites for hydroxylation is 1. The third-order valence-electron chi connectivity index (χ3n) is 3.48. The van der Waals surface area contributed by atoms with E-state index in [1.165, 1.54) is 12.1 Å². The first-order valence-electron chi connectivity index (χ1n) is 7.37. The monoisotopic (exact) mass is 351 g/mol. The summed E-state index contributed by atoms with van der Waals surface area (Å²) in [6, 6.07) is 11.4. The average Bonchev–Trinajstić information content (AvgIpc) is 2.53. The van der Waals surface area contributed by atoms with E-state index < -0.39 is 21.8 Å². The van der Waals surface area contributed by atoms with Crippen LogP contribution in [0.25, 0.3) is 0 Å². The topological polar surface area (TPSA) is 74.7 Å². The van der Waals surface area contributed by atoms with E-state index in [-0.39, 0.29) is 24.3 Å². The van der Waals surface area contributed by atoms with Crippen molar-refractivity contribution in [2.24, 2.45) is 0 Å². The Morgan fingerprint density at radius 1 is 1.08 bits per heavy atom. The van der Waals surface area contributed by atoms with E-state index in [9.17, 15) is 17.6 Å². The van der Waals surface area contributed by atoms with E-state index in [2.05, 4.69) is 0 Å². The molecule has 0 aromatic heterocycles. The molecule has 0 spiro atoms. The summed E-state index contributed by atoms with van der Waals surface area (Å²) in [5.74, 6) is -1.51. The zero-order chi connectivity index (χ0) is 17.7. The predicted molar refractivity (Wildman–Crippen MR) is 89.0 cm³/mol. The van der Waals surface area contributed by atoms with Crippen LogP contribution >= 0.6 is 0 Å². The van der Waals surface area contributed by atoms with Gasteiger partial charge in [0, 0.05) is 13.0 Å². The predicted octanol–water partition coefficient (Wildman–Crippen LogP) is 3.19. The number of sulfonamides is 1. The Balaban J connectivity index is 2.38. The van der Waals surface area contributed by atoms with Crippen molar-refractivity contribution >= 4 is 21.7 Å². The molecule has 0 aliphatic heterocycles. The van der Waals surface area contributed by atoms with Crippen LogP contribution in [-0.2, 0) is 14.8 Å². The normalized spacial score (nSPS) is 11.2. The molecule has 1 N–H and O–H groups in total. The summed E-state index contributed by atoms with van der Waals surface area (Å²) in [5.41, 5.74) is 1.42. The maximum Gasteiger partial charge on any atom is 0.303 e. The van der Waals surface area contributed by atoms with Gasteiger partial charge in [0.25, 0.3) is 10.0 Å². The maximum atomic E-state index is 13.1. The molecule has 0 atom stereocenters. The second-order valence-electron chi connectivity index (χ2n) is 5.36. The van der Waals surface area contributed by atoms with Crippen molar-refractivity contribution in [2.45, 2.75) is 24.7 Å². The molecule has 2 rings (SSSR count). The minimum absolute atomic E-state index is 0.0229. The molecule has 0 aliphatic carbocycles. The highest BCUT2D eigenvalue weighted by atomic mass is 32.2. The molecule has 0 bridgehead atoms. The molecule has 0 aliphatic rings. The molecule has 2 aromatic rings. The van der Waals surface area contributed by atoms with Crippen LogP contribution in [0.5, 0.6) is 0 Å². The molecule has 24 heavy (non-hydrogen) atoms. The Kier molecular flexibility index (Phi) is 5.56. The van der Waals surface area contributed by atoms with Gasteiger partial charge in [0.15, 0.2) is 0 Å². The van der Waals surface area contributed by atoms with E-state index in [1.807, 2.05) is 6.92 Å². The fourth-order valence-electron chi connectivity index (χ4n) is 2.21. The fourth-order valence-corrected chi connectivity index (χ4v) is 3.71. The molecule has 0 unspecified atom stereocenters. The average molecular weight is 351 g/mol. The van der Waals surface area contributed by atoms with E-state index in [0.717, 1.165) is 22.0 Å². The SMILES string of the molecule is Cc1ccc(N(CCCC(=O)O)S(=O)(=O)c2ccc(F)cc2)cc1. The van der Waals surface area contributed by atoms with Crippen molar-refractivity contribution in [3.8, 4) is 0 Å². The second kappa shape index (κ2) is 7.44. The number of hydrogen-bond donors (Lipinski definition) is 1. The lowest BCUT2D eigenvalue weighted by Crippen LogP contribution is -2.32. The Morgan fingerprint density at radius 3 is 2.21 bits per heavy atom. The summed E-state index contributed by atoms with van der Waals surface area (Å²) in [6.07, 6.45) is 0.0327. The second-order valence-corrected chi connectivity index (χ2v) is 7.23. The largest absolute Gasteiger partial charge is 0.481 e. The summed E-state index contributed by atoms with van der Waals surface area (Å²) in [5, 5.41) is 8.77. The number of hydrogen-bond acceptors (Lipinski definition) is 3. The van der Waals surface area contributed by atoms with Gasteiger partial charge in [0.1, 0.15) is 5.82 Å². The lowest BCUT2D eigenvalue weighted by Gasteiger charge is -2.24. The lowest BCUT2D eigenvalue weighted by atomic mass is 10.2. The minimum Gasteiger partial charge on any atom is -0.481 e. The molecule has 0 amide bonds. The van der Waals surface area contributed by atoms with Crippen LogP contribution in [0.2, 0.25) is 0 Å². The molecular weight excluding hydrogens is 333 g/mol. The van der Waals surface area contributed by atoms with Gasteiger partial charge in [0.2, 0.25) is 0 Å². The van der Waals surface area contributed by atoms with E-state index in [4.69, 9.17) is 5.11 Å². The Hall–Kier alpha value is -2.41. The number of halogens is 1. The summed E-state index contributed by atoms with van der Waals surface area (Å²) in [4.78, 5) is 10.7. The first-order chi connectivity index (χ1) is 11.3. The third kappa shape index (κ3) is 4.32. The number of rotatable bonds is 7. The number of anilines is 1. The van der Waals surface area contributed by atoms with E-state index >= 15 is 0 Å². The summed E-state index contributed by atoms with van der Waals surface area (Å²) < 4.78 is 39.9. The van der Waals surface area contributed by atoms with Crippen LogP contribution in [0.3, 0.4) is 0 Å². The van der Waals surface area contributed by atoms with Crippen molar-refractivity contribution < 1.29 is 22.7 Å². The molecule has 0 radical (unpaired) electrons. The number of benzene rings is 2. The molecule has 128 valence electrons. The Morgan fingerprint density at radius 2 is 1.67 bits per heavy atom. The number of carboxylic acids is 1. The molecule has 0 fully saturated rings. The zero-order valence-corrected chi connectivity index (χ0v) is 14.0. The van der Waals surface area contributed by atoms with Gasteiger partial charge in [-0.05, 0) is 49.7 Å². The van der Waals surface area contributed by atoms with Gasteiger partial charge in [0.05, 0.1) is 10.6 Å². The van der Waals surface area contributed by atoms with Crippen molar-refractivity contribution in [3.05, 3.63) is 59.9 Å². The van der Waals surface area contributed by atoms with Crippen molar-refractivity contribution in [1.82, 2.24) is 0 Å². The Bertz CT molecular complexity index is 801. The van der Waals surface area contributed by atoms with Gasteiger partial charge in [-0.15, -0.1) is 0 Å². The fraction of sp³-hybridized carbons (Fsp3) is 0.235. The highest BCUT2D eigenvalue weighted by molar-refractivity contribution is 7.92. The van der Waals surface area contributed by atoms with Crippen LogP contribution in [0.4, 0.5) is 10.1 Å². The van der Waals surface area contributed by atoms with E-state index in [0.29, 0.717) is 5.69 Å². The van der Waals surface area contributed by atoms with Gasteiger partial charge in [-0.25, -0.2) is 12.8 Å². The maximum absolute atomic E-state index is 13.1. The highest BCUT2D eigenvalue weighted by Gasteiger charge is 2.24. The molecule has 5 nitrogen and oxygen atoms in total. The standard InChI is InChI=1S/C17H18FNO4S/c1-13-4-8-15(9-5-13)19(12-2-3-17(20)21)24(22,23)16-10-6-14(18)7-11-16/h4-11H,2-3,12H2,1H3,(H,20,21). The van der Waals surface area contributed by atoms with Gasteiger partial charge < -0.3 is 5.11 Å². The quantitative estimate of drug-likeness (QED) is 0.831. The van der Waals surface area contributed by atoms with Crippen LogP contribution in [-0.4, -0.2) is 26.0 Å². The number of carbonyl (C=O) groups is 1. The molecule has 2 aromatic carbocycles. The van der Waals surface area contributed by atoms with Crippen molar-refractivity contribution in [3.63, 3.8) is 0 Å². The van der Waals surface area contributed by atoms with Crippen LogP contribution in [0.1, 0.15) is 18.4 Å². The minimum atomic E-state index is -3.91. The number of carboxylic acid groups (broad SMARTS) is 1. The van der Waals surface area contributed by atoms with Crippen LogP contribution < -0.4 is 4.31 Å². The highest BCUT2D eigenvalue weighted by Crippen LogP contribution is 2.25. The van der Waals surface area contributed by atoms with Crippen molar-refractivity contribution in [1.29, 1.82) is 0 Å². The third-order valence-corrected chi connectivity index (χ3v) is 5.32. The van der Waals surface area contributed by atoms with Gasteiger partial charge in [-0.1, -0.05) is 17.7 Å². The van der Waals surface area contributed by atoms with Crippen LogP contribution in [0, 0.1) is 12.7 Å². The number of aliphatic carboxylic acids is 1. The molecule has 7 heteroatoms. The summed E-state index contributed by atoms with van der Waals surface area (Å²) >= 11 is 0. The first kappa shape index (κ1) is 17.9. The molecule has 0 saturated carbocycles. The lowest BCUT2D eigenvalue weighted by molar-refractivity contribution is -0.137. The molecule has 0 saturated heterocycles. The first-order valence-corrected chi connectivity index (χ1v) is 8.81. The van der Waals surface area contributed by atoms with Gasteiger partial charge in [-0.3, -0.25) is 9.10 Å². The van der Waals surface area contributed by atoms with Crippen molar-refractivity contribution in [2.75, 3.05) is 10.8 Å². The smallest absolute Gasteiger partial charge is 0.303 e. The van der Waals surface area contributed by atoms with Gasteiger partial charge >= 0.3 is 5.97 Å². The summed E-state index contributed by atoms with van der Waals surface area (Å²) in [7, 11) is -3.91.